The third-order valence-corrected chi connectivity index (χ3v) is 6.53. The lowest BCUT2D eigenvalue weighted by atomic mass is 9.95. The molecule has 0 aliphatic carbocycles. The molecule has 0 fully saturated rings. The number of amides is 4. The summed E-state index contributed by atoms with van der Waals surface area (Å²) in [4.78, 5) is 43.3. The van der Waals surface area contributed by atoms with Gasteiger partial charge in [0.25, 0.3) is 5.91 Å². The van der Waals surface area contributed by atoms with Crippen LogP contribution >= 0.6 is 0 Å². The minimum Gasteiger partial charge on any atom is -0.457 e. The molecule has 2 aromatic rings. The van der Waals surface area contributed by atoms with Gasteiger partial charge >= 0.3 is 6.03 Å². The van der Waals surface area contributed by atoms with Gasteiger partial charge in [0.05, 0.1) is 23.9 Å². The SMILES string of the molecule is C=CCNC(=O)C(CC(C)C)N1CC2=C(C1=O)C(c1cccc(Oc3ccccc3)c1)NC(=O)N2CC. The summed E-state index contributed by atoms with van der Waals surface area (Å²) in [5.74, 6) is 1.01. The van der Waals surface area contributed by atoms with Crippen molar-refractivity contribution in [3.63, 3.8) is 0 Å². The van der Waals surface area contributed by atoms with Crippen LogP contribution < -0.4 is 15.4 Å². The number of urea groups is 1. The first kappa shape index (κ1) is 26.0. The number of benzene rings is 2. The number of carbonyl (C=O) groups is 3. The quantitative estimate of drug-likeness (QED) is 0.472. The van der Waals surface area contributed by atoms with Crippen molar-refractivity contribution >= 4 is 17.8 Å². The number of nitrogens with zero attached hydrogens (tertiary/aromatic N) is 2. The lowest BCUT2D eigenvalue weighted by Crippen LogP contribution is -2.49. The van der Waals surface area contributed by atoms with Crippen LogP contribution in [0, 0.1) is 5.92 Å². The molecular formula is C29H34N4O4. The highest BCUT2D eigenvalue weighted by Crippen LogP contribution is 2.38. The van der Waals surface area contributed by atoms with E-state index in [9.17, 15) is 14.4 Å². The summed E-state index contributed by atoms with van der Waals surface area (Å²) in [6.45, 7) is 10.5. The van der Waals surface area contributed by atoms with Crippen LogP contribution in [0.25, 0.3) is 0 Å². The van der Waals surface area contributed by atoms with E-state index in [-0.39, 0.29) is 30.3 Å². The fraction of sp³-hybridized carbons (Fsp3) is 0.345. The Morgan fingerprint density at radius 3 is 2.57 bits per heavy atom. The van der Waals surface area contributed by atoms with Crippen LogP contribution in [0.1, 0.15) is 38.8 Å². The van der Waals surface area contributed by atoms with Gasteiger partial charge < -0.3 is 20.3 Å². The molecule has 2 aliphatic heterocycles. The van der Waals surface area contributed by atoms with Crippen LogP contribution in [-0.4, -0.2) is 53.3 Å². The number of hydrogen-bond acceptors (Lipinski definition) is 4. The highest BCUT2D eigenvalue weighted by Gasteiger charge is 2.46. The third-order valence-electron chi connectivity index (χ3n) is 6.53. The highest BCUT2D eigenvalue weighted by atomic mass is 16.5. The molecule has 2 atom stereocenters. The molecule has 0 saturated carbocycles. The van der Waals surface area contributed by atoms with Gasteiger partial charge in [0.15, 0.2) is 0 Å². The second-order valence-corrected chi connectivity index (χ2v) is 9.59. The van der Waals surface area contributed by atoms with Gasteiger partial charge in [-0.05, 0) is 49.1 Å². The smallest absolute Gasteiger partial charge is 0.322 e. The van der Waals surface area contributed by atoms with Crippen molar-refractivity contribution in [2.24, 2.45) is 5.92 Å². The first-order valence-electron chi connectivity index (χ1n) is 12.7. The summed E-state index contributed by atoms with van der Waals surface area (Å²) >= 11 is 0. The molecule has 4 rings (SSSR count). The van der Waals surface area contributed by atoms with Crippen molar-refractivity contribution in [2.45, 2.75) is 39.3 Å². The molecule has 0 radical (unpaired) electrons. The highest BCUT2D eigenvalue weighted by molar-refractivity contribution is 6.03. The molecular weight excluding hydrogens is 468 g/mol. The van der Waals surface area contributed by atoms with Crippen molar-refractivity contribution in [1.29, 1.82) is 0 Å². The van der Waals surface area contributed by atoms with E-state index in [1.165, 1.54) is 0 Å². The van der Waals surface area contributed by atoms with E-state index in [4.69, 9.17) is 4.74 Å². The van der Waals surface area contributed by atoms with E-state index >= 15 is 0 Å². The van der Waals surface area contributed by atoms with Crippen LogP contribution in [0.5, 0.6) is 11.5 Å². The van der Waals surface area contributed by atoms with Crippen LogP contribution in [0.2, 0.25) is 0 Å². The molecule has 2 heterocycles. The monoisotopic (exact) mass is 502 g/mol. The predicted octanol–water partition coefficient (Wildman–Crippen LogP) is 4.38. The lowest BCUT2D eigenvalue weighted by Gasteiger charge is -2.33. The zero-order valence-electron chi connectivity index (χ0n) is 21.6. The van der Waals surface area contributed by atoms with E-state index in [0.717, 1.165) is 5.56 Å². The average Bonchev–Trinajstić information content (AvgIpc) is 3.22. The van der Waals surface area contributed by atoms with Crippen molar-refractivity contribution in [3.05, 3.63) is 84.1 Å². The summed E-state index contributed by atoms with van der Waals surface area (Å²) in [5, 5.41) is 5.84. The van der Waals surface area contributed by atoms with Gasteiger partial charge in [-0.3, -0.25) is 14.5 Å². The van der Waals surface area contributed by atoms with E-state index in [1.807, 2.05) is 75.4 Å². The molecule has 8 heteroatoms. The average molecular weight is 503 g/mol. The van der Waals surface area contributed by atoms with E-state index in [0.29, 0.717) is 42.3 Å². The fourth-order valence-electron chi connectivity index (χ4n) is 4.84. The second-order valence-electron chi connectivity index (χ2n) is 9.59. The Morgan fingerprint density at radius 1 is 1.16 bits per heavy atom. The standard InChI is InChI=1S/C29H34N4O4/c1-5-15-30-27(34)23(16-19(3)4)33-18-24-25(28(33)35)26(31-29(36)32(24)6-2)20-11-10-14-22(17-20)37-21-12-8-7-9-13-21/h5,7-14,17,19,23,26H,1,6,15-16,18H2,2-4H3,(H,30,34)(H,31,36). The molecule has 194 valence electrons. The molecule has 0 bridgehead atoms. The Balaban J connectivity index is 1.68. The van der Waals surface area contributed by atoms with Gasteiger partial charge in [-0.25, -0.2) is 4.79 Å². The Kier molecular flexibility index (Phi) is 7.96. The van der Waals surface area contributed by atoms with E-state index in [2.05, 4.69) is 17.2 Å². The van der Waals surface area contributed by atoms with E-state index < -0.39 is 12.1 Å². The van der Waals surface area contributed by atoms with Gasteiger partial charge in [-0.15, -0.1) is 6.58 Å². The molecule has 2 N–H and O–H groups in total. The lowest BCUT2D eigenvalue weighted by molar-refractivity contribution is -0.137. The topological polar surface area (TPSA) is 91.0 Å². The Hall–Kier alpha value is -4.07. The summed E-state index contributed by atoms with van der Waals surface area (Å²) in [6, 6.07) is 15.2. The zero-order chi connectivity index (χ0) is 26.5. The van der Waals surface area contributed by atoms with Crippen molar-refractivity contribution in [1.82, 2.24) is 20.4 Å². The first-order valence-corrected chi connectivity index (χ1v) is 12.7. The number of para-hydroxylation sites is 1. The van der Waals surface area contributed by atoms with Crippen molar-refractivity contribution < 1.29 is 19.1 Å². The Morgan fingerprint density at radius 2 is 1.89 bits per heavy atom. The van der Waals surface area contributed by atoms with Gasteiger partial charge in [-0.1, -0.05) is 50.3 Å². The third kappa shape index (κ3) is 5.53. The molecule has 37 heavy (non-hydrogen) atoms. The maximum absolute atomic E-state index is 13.9. The van der Waals surface area contributed by atoms with Crippen LogP contribution in [0.3, 0.4) is 0 Å². The van der Waals surface area contributed by atoms with Crippen LogP contribution in [-0.2, 0) is 9.59 Å². The summed E-state index contributed by atoms with van der Waals surface area (Å²) in [5.41, 5.74) is 1.86. The summed E-state index contributed by atoms with van der Waals surface area (Å²) in [6.07, 6.45) is 2.12. The molecule has 0 aromatic heterocycles. The van der Waals surface area contributed by atoms with Crippen molar-refractivity contribution in [2.75, 3.05) is 19.6 Å². The fourth-order valence-corrected chi connectivity index (χ4v) is 4.84. The summed E-state index contributed by atoms with van der Waals surface area (Å²) in [7, 11) is 0. The van der Waals surface area contributed by atoms with Gasteiger partial charge in [0.1, 0.15) is 17.5 Å². The van der Waals surface area contributed by atoms with Crippen LogP contribution in [0.4, 0.5) is 4.79 Å². The molecule has 2 unspecified atom stereocenters. The maximum Gasteiger partial charge on any atom is 0.322 e. The number of hydrogen-bond donors (Lipinski definition) is 2. The number of likely N-dealkylation sites (N-methyl/N-ethyl adjacent to an activating group) is 1. The minimum atomic E-state index is -0.655. The molecule has 4 amide bonds. The largest absolute Gasteiger partial charge is 0.457 e. The minimum absolute atomic E-state index is 0.189. The molecule has 8 nitrogen and oxygen atoms in total. The molecule has 0 spiro atoms. The zero-order valence-corrected chi connectivity index (χ0v) is 21.6. The number of carbonyl (C=O) groups excluding carboxylic acids is 3. The van der Waals surface area contributed by atoms with Gasteiger partial charge in [-0.2, -0.15) is 0 Å². The molecule has 2 aliphatic rings. The van der Waals surface area contributed by atoms with Crippen LogP contribution in [0.15, 0.2) is 78.5 Å². The number of rotatable bonds is 10. The normalized spacial score (nSPS) is 18.0. The Bertz CT molecular complexity index is 1210. The number of ether oxygens (including phenoxy) is 1. The first-order chi connectivity index (χ1) is 17.8. The maximum atomic E-state index is 13.9. The molecule has 0 saturated heterocycles. The Labute approximate surface area is 218 Å². The number of nitrogens with one attached hydrogen (secondary N) is 2. The predicted molar refractivity (Wildman–Crippen MR) is 142 cm³/mol. The van der Waals surface area contributed by atoms with E-state index in [1.54, 1.807) is 15.9 Å². The van der Waals surface area contributed by atoms with Crippen molar-refractivity contribution in [3.8, 4) is 11.5 Å². The summed E-state index contributed by atoms with van der Waals surface area (Å²) < 4.78 is 5.99. The van der Waals surface area contributed by atoms with Gasteiger partial charge in [0.2, 0.25) is 5.91 Å². The van der Waals surface area contributed by atoms with Gasteiger partial charge in [0, 0.05) is 13.1 Å². The molecule has 2 aromatic carbocycles. The second kappa shape index (κ2) is 11.3.